The zero-order valence-electron chi connectivity index (χ0n) is 9.93. The van der Waals surface area contributed by atoms with Crippen LogP contribution >= 0.6 is 15.9 Å². The molecule has 3 heteroatoms. The highest BCUT2D eigenvalue weighted by molar-refractivity contribution is 9.11. The summed E-state index contributed by atoms with van der Waals surface area (Å²) in [5.74, 6) is -0.394. The molecular formula is C14H17BrO2. The van der Waals surface area contributed by atoms with Gasteiger partial charge in [-0.1, -0.05) is 72.1 Å². The lowest BCUT2D eigenvalue weighted by molar-refractivity contribution is -0.134. The average molecular weight is 297 g/mol. The number of halogens is 1. The van der Waals surface area contributed by atoms with Gasteiger partial charge in [-0.3, -0.25) is 0 Å². The number of esters is 1. The molecule has 0 aromatic heterocycles. The molecule has 0 atom stereocenters. The van der Waals surface area contributed by atoms with E-state index in [9.17, 15) is 4.79 Å². The Hall–Kier alpha value is -1.61. The van der Waals surface area contributed by atoms with Gasteiger partial charge in [-0.15, -0.1) is 0 Å². The summed E-state index contributed by atoms with van der Waals surface area (Å²) in [5, 5.41) is 0. The number of carbonyl (C=O) groups is 1. The first-order valence-electron chi connectivity index (χ1n) is 4.75. The van der Waals surface area contributed by atoms with Crippen LogP contribution in [0.1, 0.15) is 5.56 Å². The minimum absolute atomic E-state index is 0.394. The van der Waals surface area contributed by atoms with Crippen molar-refractivity contribution in [1.29, 1.82) is 0 Å². The van der Waals surface area contributed by atoms with Gasteiger partial charge >= 0.3 is 5.97 Å². The number of rotatable bonds is 2. The van der Waals surface area contributed by atoms with Crippen LogP contribution < -0.4 is 0 Å². The van der Waals surface area contributed by atoms with Crippen molar-refractivity contribution in [1.82, 2.24) is 0 Å². The van der Waals surface area contributed by atoms with Gasteiger partial charge in [0, 0.05) is 6.08 Å². The van der Waals surface area contributed by atoms with Gasteiger partial charge < -0.3 is 4.74 Å². The Balaban J connectivity index is 0. The van der Waals surface area contributed by atoms with E-state index in [1.165, 1.54) is 12.7 Å². The van der Waals surface area contributed by atoms with Crippen molar-refractivity contribution < 1.29 is 9.53 Å². The van der Waals surface area contributed by atoms with Crippen molar-refractivity contribution in [2.24, 2.45) is 0 Å². The molecule has 92 valence electrons. The SMILES string of the molecule is C=CBr.C=CC(=O)OC.C=Cc1ccccc1. The quantitative estimate of drug-likeness (QED) is 0.604. The highest BCUT2D eigenvalue weighted by Crippen LogP contribution is 1.97. The number of carbonyl (C=O) groups excluding carboxylic acids is 1. The Morgan fingerprint density at radius 2 is 1.71 bits per heavy atom. The largest absolute Gasteiger partial charge is 0.466 e. The molecule has 0 aliphatic rings. The summed E-state index contributed by atoms with van der Waals surface area (Å²) in [6, 6.07) is 10.0. The van der Waals surface area contributed by atoms with Gasteiger partial charge in [0.1, 0.15) is 0 Å². The van der Waals surface area contributed by atoms with E-state index in [1.807, 2.05) is 36.4 Å². The van der Waals surface area contributed by atoms with E-state index in [0.29, 0.717) is 0 Å². The molecule has 0 spiro atoms. The van der Waals surface area contributed by atoms with Crippen LogP contribution in [0.25, 0.3) is 6.08 Å². The Morgan fingerprint density at radius 1 is 1.24 bits per heavy atom. The molecule has 0 heterocycles. The van der Waals surface area contributed by atoms with Crippen LogP contribution in [-0.4, -0.2) is 13.1 Å². The van der Waals surface area contributed by atoms with Crippen molar-refractivity contribution in [3.8, 4) is 0 Å². The van der Waals surface area contributed by atoms with Gasteiger partial charge in [0.15, 0.2) is 0 Å². The molecule has 1 aromatic rings. The maximum absolute atomic E-state index is 9.84. The molecule has 0 saturated heterocycles. The second-order valence-corrected chi connectivity index (χ2v) is 3.14. The van der Waals surface area contributed by atoms with E-state index in [-0.39, 0.29) is 0 Å². The third kappa shape index (κ3) is 14.4. The summed E-state index contributed by atoms with van der Waals surface area (Å²) in [6.45, 7) is 10.1. The fourth-order valence-electron chi connectivity index (χ4n) is 0.672. The van der Waals surface area contributed by atoms with Crippen LogP contribution in [0.5, 0.6) is 0 Å². The lowest BCUT2D eigenvalue weighted by Crippen LogP contribution is -1.91. The van der Waals surface area contributed by atoms with Gasteiger partial charge in [-0.25, -0.2) is 4.79 Å². The van der Waals surface area contributed by atoms with Gasteiger partial charge in [0.2, 0.25) is 0 Å². The minimum atomic E-state index is -0.394. The van der Waals surface area contributed by atoms with Crippen LogP contribution in [-0.2, 0) is 9.53 Å². The van der Waals surface area contributed by atoms with E-state index >= 15 is 0 Å². The molecule has 1 aromatic carbocycles. The number of hydrogen-bond donors (Lipinski definition) is 0. The molecule has 0 radical (unpaired) electrons. The van der Waals surface area contributed by atoms with Crippen LogP contribution in [0.3, 0.4) is 0 Å². The third-order valence-corrected chi connectivity index (χ3v) is 1.40. The molecule has 0 saturated carbocycles. The molecule has 2 nitrogen and oxygen atoms in total. The Kier molecular flexibility index (Phi) is 15.0. The maximum Gasteiger partial charge on any atom is 0.329 e. The molecule has 0 bridgehead atoms. The summed E-state index contributed by atoms with van der Waals surface area (Å²) in [5.41, 5.74) is 1.17. The topological polar surface area (TPSA) is 26.3 Å². The molecule has 0 aliphatic heterocycles. The molecule has 1 rings (SSSR count). The normalized spacial score (nSPS) is 7.18. The molecule has 0 fully saturated rings. The first-order valence-corrected chi connectivity index (χ1v) is 5.66. The molecule has 0 N–H and O–H groups in total. The van der Waals surface area contributed by atoms with E-state index in [0.717, 1.165) is 6.08 Å². The summed E-state index contributed by atoms with van der Waals surface area (Å²) in [6.07, 6.45) is 2.94. The minimum Gasteiger partial charge on any atom is -0.466 e. The van der Waals surface area contributed by atoms with Crippen LogP contribution in [0.2, 0.25) is 0 Å². The predicted molar refractivity (Wildman–Crippen MR) is 77.9 cm³/mol. The van der Waals surface area contributed by atoms with E-state index < -0.39 is 5.97 Å². The molecule has 0 amide bonds. The zero-order chi connectivity index (χ0) is 13.5. The number of ether oxygens (including phenoxy) is 1. The average Bonchev–Trinajstić information content (AvgIpc) is 2.40. The van der Waals surface area contributed by atoms with Crippen molar-refractivity contribution >= 4 is 28.0 Å². The number of hydrogen-bond acceptors (Lipinski definition) is 2. The van der Waals surface area contributed by atoms with Crippen molar-refractivity contribution in [3.63, 3.8) is 0 Å². The monoisotopic (exact) mass is 296 g/mol. The fraction of sp³-hybridized carbons (Fsp3) is 0.0714. The summed E-state index contributed by atoms with van der Waals surface area (Å²) >= 11 is 2.91. The van der Waals surface area contributed by atoms with E-state index in [1.54, 1.807) is 4.99 Å². The van der Waals surface area contributed by atoms with Gasteiger partial charge in [0.25, 0.3) is 0 Å². The molecular weight excluding hydrogens is 280 g/mol. The van der Waals surface area contributed by atoms with Gasteiger partial charge in [0.05, 0.1) is 7.11 Å². The van der Waals surface area contributed by atoms with Crippen LogP contribution in [0.4, 0.5) is 0 Å². The Morgan fingerprint density at radius 3 is 1.88 bits per heavy atom. The smallest absolute Gasteiger partial charge is 0.329 e. The van der Waals surface area contributed by atoms with Crippen molar-refractivity contribution in [2.45, 2.75) is 0 Å². The molecule has 0 unspecified atom stereocenters. The highest BCUT2D eigenvalue weighted by atomic mass is 79.9. The van der Waals surface area contributed by atoms with Crippen LogP contribution in [0, 0.1) is 0 Å². The van der Waals surface area contributed by atoms with Gasteiger partial charge in [-0.05, 0) is 10.5 Å². The first-order chi connectivity index (χ1) is 8.15. The third-order valence-electron chi connectivity index (χ3n) is 1.40. The van der Waals surface area contributed by atoms with Crippen molar-refractivity contribution in [3.05, 3.63) is 66.7 Å². The second-order valence-electron chi connectivity index (χ2n) is 2.50. The first kappa shape index (κ1) is 17.8. The molecule has 17 heavy (non-hydrogen) atoms. The lowest BCUT2D eigenvalue weighted by Gasteiger charge is -1.85. The van der Waals surface area contributed by atoms with E-state index in [2.05, 4.69) is 40.4 Å². The van der Waals surface area contributed by atoms with Crippen molar-refractivity contribution in [2.75, 3.05) is 7.11 Å². The number of methoxy groups -OCH3 is 1. The van der Waals surface area contributed by atoms with Gasteiger partial charge in [-0.2, -0.15) is 0 Å². The fourth-order valence-corrected chi connectivity index (χ4v) is 0.672. The highest BCUT2D eigenvalue weighted by Gasteiger charge is 1.81. The molecule has 0 aliphatic carbocycles. The lowest BCUT2D eigenvalue weighted by atomic mass is 10.2. The Labute approximate surface area is 111 Å². The maximum atomic E-state index is 9.84. The summed E-state index contributed by atoms with van der Waals surface area (Å²) in [7, 11) is 1.31. The standard InChI is InChI=1S/C8H8.C4H6O2.C2H3Br/c1-2-8-6-4-3-5-7-8;1-3-4(5)6-2;1-2-3/h2-7H,1H2;3H,1H2,2H3;2H,1H2. The van der Waals surface area contributed by atoms with Crippen LogP contribution in [0.15, 0.2) is 61.1 Å². The summed E-state index contributed by atoms with van der Waals surface area (Å²) in [4.78, 5) is 11.4. The predicted octanol–water partition coefficient (Wildman–Crippen LogP) is 4.20. The Bertz CT molecular complexity index is 331. The zero-order valence-corrected chi connectivity index (χ0v) is 11.5. The second kappa shape index (κ2) is 14.4. The van der Waals surface area contributed by atoms with E-state index in [4.69, 9.17) is 0 Å². The number of benzene rings is 1. The summed E-state index contributed by atoms with van der Waals surface area (Å²) < 4.78 is 4.14.